The summed E-state index contributed by atoms with van der Waals surface area (Å²) in [6.45, 7) is 7.69. The van der Waals surface area contributed by atoms with Gasteiger partial charge in [-0.3, -0.25) is 0 Å². The van der Waals surface area contributed by atoms with Crippen LogP contribution in [-0.4, -0.2) is 47.7 Å². The molecule has 1 N–H and O–H groups in total. The molecule has 0 radical (unpaired) electrons. The summed E-state index contributed by atoms with van der Waals surface area (Å²) in [6.07, 6.45) is 1.51. The minimum Gasteiger partial charge on any atom is -0.476 e. The van der Waals surface area contributed by atoms with Gasteiger partial charge in [-0.1, -0.05) is 0 Å². The molecule has 1 aromatic rings. The van der Waals surface area contributed by atoms with Gasteiger partial charge in [-0.2, -0.15) is 0 Å². The number of likely N-dealkylation sites (N-methyl/N-ethyl adjacent to an activating group) is 1. The summed E-state index contributed by atoms with van der Waals surface area (Å²) in [6, 6.07) is 1.81. The Hall–Kier alpha value is -1.36. The van der Waals surface area contributed by atoms with Crippen molar-refractivity contribution >= 4 is 5.82 Å². The molecule has 0 aliphatic heterocycles. The third-order valence-electron chi connectivity index (χ3n) is 2.78. The highest BCUT2D eigenvalue weighted by Crippen LogP contribution is 2.15. The Balaban J connectivity index is 2.60. The molecule has 0 aliphatic rings. The predicted molar refractivity (Wildman–Crippen MR) is 69.5 cm³/mol. The van der Waals surface area contributed by atoms with Crippen LogP contribution in [0.2, 0.25) is 0 Å². The lowest BCUT2D eigenvalue weighted by Gasteiger charge is -2.31. The zero-order valence-electron chi connectivity index (χ0n) is 11.3. The molecule has 0 saturated carbocycles. The number of anilines is 1. The first-order chi connectivity index (χ1) is 7.95. The van der Waals surface area contributed by atoms with E-state index in [2.05, 4.69) is 34.0 Å². The van der Waals surface area contributed by atoms with Crippen LogP contribution in [-0.2, 0) is 0 Å². The molecule has 0 atom stereocenters. The zero-order valence-corrected chi connectivity index (χ0v) is 11.3. The van der Waals surface area contributed by atoms with E-state index in [1.54, 1.807) is 0 Å². The number of nitrogens with one attached hydrogen (secondary N) is 1. The zero-order chi connectivity index (χ0) is 12.9. The lowest BCUT2D eigenvalue weighted by molar-refractivity contribution is 0.111. The number of aromatic nitrogens is 2. The van der Waals surface area contributed by atoms with Gasteiger partial charge in [0.1, 0.15) is 18.8 Å². The third-order valence-corrected chi connectivity index (χ3v) is 2.78. The lowest BCUT2D eigenvalue weighted by Crippen LogP contribution is -2.43. The Bertz CT molecular complexity index is 352. The molecule has 1 rings (SSSR count). The third kappa shape index (κ3) is 4.19. The predicted octanol–water partition coefficient (Wildman–Crippen LogP) is 1.63. The quantitative estimate of drug-likeness (QED) is 0.816. The molecule has 1 heterocycles. The van der Waals surface area contributed by atoms with Crippen LogP contribution in [0, 0.1) is 0 Å². The van der Waals surface area contributed by atoms with Crippen molar-refractivity contribution in [1.82, 2.24) is 14.9 Å². The van der Waals surface area contributed by atoms with E-state index < -0.39 is 0 Å². The highest BCUT2D eigenvalue weighted by Gasteiger charge is 2.21. The van der Waals surface area contributed by atoms with Crippen LogP contribution in [0.1, 0.15) is 20.8 Å². The van der Waals surface area contributed by atoms with Gasteiger partial charge in [-0.05, 0) is 34.9 Å². The van der Waals surface area contributed by atoms with Gasteiger partial charge in [0.15, 0.2) is 0 Å². The molecule has 5 nitrogen and oxygen atoms in total. The van der Waals surface area contributed by atoms with Crippen molar-refractivity contribution in [1.29, 1.82) is 0 Å². The van der Waals surface area contributed by atoms with E-state index in [4.69, 9.17) is 4.74 Å². The second-order valence-corrected chi connectivity index (χ2v) is 4.77. The maximum atomic E-state index is 5.69. The molecule has 0 spiro atoms. The summed E-state index contributed by atoms with van der Waals surface area (Å²) < 4.78 is 5.69. The number of hydrogen-bond acceptors (Lipinski definition) is 5. The largest absolute Gasteiger partial charge is 0.476 e. The van der Waals surface area contributed by atoms with Crippen molar-refractivity contribution < 1.29 is 4.74 Å². The standard InChI is InChI=1S/C12H22N4O/c1-6-13-10-7-11(15-9-14-10)17-8-12(2,3)16(4)5/h7,9H,6,8H2,1-5H3,(H,13,14,15). The Labute approximate surface area is 103 Å². The second-order valence-electron chi connectivity index (χ2n) is 4.77. The Kier molecular flexibility index (Phi) is 4.69. The molecule has 0 aliphatic carbocycles. The van der Waals surface area contributed by atoms with Gasteiger partial charge < -0.3 is 15.0 Å². The van der Waals surface area contributed by atoms with Gasteiger partial charge in [0.2, 0.25) is 5.88 Å². The molecule has 0 aromatic carbocycles. The van der Waals surface area contributed by atoms with Gasteiger partial charge >= 0.3 is 0 Å². The van der Waals surface area contributed by atoms with Crippen molar-refractivity contribution in [3.05, 3.63) is 12.4 Å². The topological polar surface area (TPSA) is 50.3 Å². The van der Waals surface area contributed by atoms with Crippen LogP contribution in [0.5, 0.6) is 5.88 Å². The van der Waals surface area contributed by atoms with Gasteiger partial charge in [0.05, 0.1) is 0 Å². The van der Waals surface area contributed by atoms with Crippen LogP contribution < -0.4 is 10.1 Å². The number of ether oxygens (including phenoxy) is 1. The summed E-state index contributed by atoms with van der Waals surface area (Å²) >= 11 is 0. The van der Waals surface area contributed by atoms with Crippen molar-refractivity contribution in [3.8, 4) is 5.88 Å². The Morgan fingerprint density at radius 2 is 2.06 bits per heavy atom. The van der Waals surface area contributed by atoms with E-state index in [0.717, 1.165) is 12.4 Å². The summed E-state index contributed by atoms with van der Waals surface area (Å²) in [4.78, 5) is 10.3. The summed E-state index contributed by atoms with van der Waals surface area (Å²) in [7, 11) is 4.07. The molecule has 96 valence electrons. The van der Waals surface area contributed by atoms with Gasteiger partial charge in [0, 0.05) is 18.2 Å². The smallest absolute Gasteiger partial charge is 0.218 e. The summed E-state index contributed by atoms with van der Waals surface area (Å²) in [5.74, 6) is 1.39. The molecule has 1 aromatic heterocycles. The van der Waals surface area contributed by atoms with Crippen molar-refractivity contribution in [2.75, 3.05) is 32.6 Å². The average molecular weight is 238 g/mol. The fourth-order valence-electron chi connectivity index (χ4n) is 1.08. The van der Waals surface area contributed by atoms with Gasteiger partial charge in [0.25, 0.3) is 0 Å². The fraction of sp³-hybridized carbons (Fsp3) is 0.667. The van der Waals surface area contributed by atoms with Crippen molar-refractivity contribution in [3.63, 3.8) is 0 Å². The molecule has 17 heavy (non-hydrogen) atoms. The van der Waals surface area contributed by atoms with Gasteiger partial charge in [-0.25, -0.2) is 9.97 Å². The summed E-state index contributed by atoms with van der Waals surface area (Å²) in [5.41, 5.74) is -0.0245. The summed E-state index contributed by atoms with van der Waals surface area (Å²) in [5, 5.41) is 3.13. The molecular weight excluding hydrogens is 216 g/mol. The number of rotatable bonds is 6. The Morgan fingerprint density at radius 1 is 1.35 bits per heavy atom. The van der Waals surface area contributed by atoms with Crippen LogP contribution in [0.25, 0.3) is 0 Å². The monoisotopic (exact) mass is 238 g/mol. The SMILES string of the molecule is CCNc1cc(OCC(C)(C)N(C)C)ncn1. The van der Waals surface area contributed by atoms with E-state index in [-0.39, 0.29) is 5.54 Å². The van der Waals surface area contributed by atoms with E-state index in [1.165, 1.54) is 6.33 Å². The molecule has 0 saturated heterocycles. The minimum atomic E-state index is -0.0245. The van der Waals surface area contributed by atoms with Crippen LogP contribution >= 0.6 is 0 Å². The molecule has 5 heteroatoms. The molecule has 0 amide bonds. The fourth-order valence-corrected chi connectivity index (χ4v) is 1.08. The van der Waals surface area contributed by atoms with Crippen LogP contribution in [0.15, 0.2) is 12.4 Å². The van der Waals surface area contributed by atoms with Crippen molar-refractivity contribution in [2.24, 2.45) is 0 Å². The van der Waals surface area contributed by atoms with E-state index in [0.29, 0.717) is 12.5 Å². The van der Waals surface area contributed by atoms with E-state index in [9.17, 15) is 0 Å². The van der Waals surface area contributed by atoms with E-state index >= 15 is 0 Å². The second kappa shape index (κ2) is 5.82. The molecule has 0 bridgehead atoms. The number of nitrogens with zero attached hydrogens (tertiary/aromatic N) is 3. The Morgan fingerprint density at radius 3 is 2.65 bits per heavy atom. The van der Waals surface area contributed by atoms with Crippen LogP contribution in [0.3, 0.4) is 0 Å². The van der Waals surface area contributed by atoms with Crippen LogP contribution in [0.4, 0.5) is 5.82 Å². The highest BCUT2D eigenvalue weighted by molar-refractivity contribution is 5.36. The normalized spacial score (nSPS) is 11.6. The first kappa shape index (κ1) is 13.7. The first-order valence-electron chi connectivity index (χ1n) is 5.82. The van der Waals surface area contributed by atoms with E-state index in [1.807, 2.05) is 27.1 Å². The maximum Gasteiger partial charge on any atom is 0.218 e. The molecule has 0 fully saturated rings. The average Bonchev–Trinajstić information content (AvgIpc) is 2.27. The van der Waals surface area contributed by atoms with Gasteiger partial charge in [-0.15, -0.1) is 0 Å². The molecular formula is C12H22N4O. The molecule has 0 unspecified atom stereocenters. The number of hydrogen-bond donors (Lipinski definition) is 1. The first-order valence-corrected chi connectivity index (χ1v) is 5.82. The lowest BCUT2D eigenvalue weighted by atomic mass is 10.1. The highest BCUT2D eigenvalue weighted by atomic mass is 16.5. The minimum absolute atomic E-state index is 0.0245. The maximum absolute atomic E-state index is 5.69. The van der Waals surface area contributed by atoms with Crippen molar-refractivity contribution in [2.45, 2.75) is 26.3 Å².